The summed E-state index contributed by atoms with van der Waals surface area (Å²) in [4.78, 5) is 0. The summed E-state index contributed by atoms with van der Waals surface area (Å²) in [5, 5.41) is 9.52. The van der Waals surface area contributed by atoms with Crippen LogP contribution in [0.3, 0.4) is 0 Å². The molecule has 0 aromatic heterocycles. The van der Waals surface area contributed by atoms with E-state index < -0.39 is 0 Å². The summed E-state index contributed by atoms with van der Waals surface area (Å²) in [6, 6.07) is 14.7. The lowest BCUT2D eigenvalue weighted by molar-refractivity contribution is 0.281. The van der Waals surface area contributed by atoms with Gasteiger partial charge in [0.15, 0.2) is 0 Å². The van der Waals surface area contributed by atoms with Crippen molar-refractivity contribution in [3.8, 4) is 11.5 Å². The Morgan fingerprint density at radius 2 is 1.75 bits per heavy atom. The molecular weight excluding hydrogens is 224 g/mol. The molecule has 0 unspecified atom stereocenters. The van der Waals surface area contributed by atoms with Gasteiger partial charge in [0.2, 0.25) is 0 Å². The molecule has 2 aromatic carbocycles. The number of halogens is 1. The number of aliphatic hydroxyl groups excluding tert-OH is 1. The molecule has 0 spiro atoms. The number of para-hydroxylation sites is 1. The smallest absolute Gasteiger partial charge is 0.146 e. The van der Waals surface area contributed by atoms with Gasteiger partial charge in [0, 0.05) is 0 Å². The van der Waals surface area contributed by atoms with Crippen LogP contribution in [0.5, 0.6) is 11.5 Å². The summed E-state index contributed by atoms with van der Waals surface area (Å²) >= 11 is 6.07. The Labute approximate surface area is 99.1 Å². The van der Waals surface area contributed by atoms with Gasteiger partial charge >= 0.3 is 0 Å². The van der Waals surface area contributed by atoms with Crippen molar-refractivity contribution in [1.29, 1.82) is 0 Å². The van der Waals surface area contributed by atoms with Crippen molar-refractivity contribution in [1.82, 2.24) is 0 Å². The van der Waals surface area contributed by atoms with Gasteiger partial charge in [-0.1, -0.05) is 41.9 Å². The first-order valence-corrected chi connectivity index (χ1v) is 5.30. The fraction of sp³-hybridized carbons (Fsp3) is 0.0769. The lowest BCUT2D eigenvalue weighted by Gasteiger charge is -2.09. The largest absolute Gasteiger partial charge is 0.456 e. The van der Waals surface area contributed by atoms with Gasteiger partial charge in [-0.05, 0) is 23.8 Å². The average Bonchev–Trinajstić information content (AvgIpc) is 2.33. The lowest BCUT2D eigenvalue weighted by Crippen LogP contribution is -1.89. The molecule has 0 bridgehead atoms. The summed E-state index contributed by atoms with van der Waals surface area (Å²) in [6.45, 7) is -0.0924. The third-order valence-electron chi connectivity index (χ3n) is 2.18. The Morgan fingerprint density at radius 1 is 1.00 bits per heavy atom. The van der Waals surface area contributed by atoms with Crippen LogP contribution in [0.4, 0.5) is 0 Å². The average molecular weight is 235 g/mol. The van der Waals surface area contributed by atoms with E-state index in [2.05, 4.69) is 0 Å². The van der Waals surface area contributed by atoms with E-state index in [4.69, 9.17) is 21.4 Å². The van der Waals surface area contributed by atoms with Crippen LogP contribution in [0.2, 0.25) is 5.02 Å². The van der Waals surface area contributed by atoms with Gasteiger partial charge in [0.1, 0.15) is 11.5 Å². The number of hydrogen-bond donors (Lipinski definition) is 1. The highest BCUT2D eigenvalue weighted by Crippen LogP contribution is 2.31. The Morgan fingerprint density at radius 3 is 2.44 bits per heavy atom. The normalized spacial score (nSPS) is 10.1. The van der Waals surface area contributed by atoms with E-state index in [-0.39, 0.29) is 6.61 Å². The van der Waals surface area contributed by atoms with E-state index in [1.165, 1.54) is 0 Å². The summed E-state index contributed by atoms with van der Waals surface area (Å²) in [6.07, 6.45) is 0. The Kier molecular flexibility index (Phi) is 3.44. The molecule has 82 valence electrons. The van der Waals surface area contributed by atoms with Gasteiger partial charge < -0.3 is 9.84 Å². The second-order valence-electron chi connectivity index (χ2n) is 3.30. The van der Waals surface area contributed by atoms with Gasteiger partial charge in [0.05, 0.1) is 11.6 Å². The quantitative estimate of drug-likeness (QED) is 0.879. The first-order chi connectivity index (χ1) is 7.81. The second-order valence-corrected chi connectivity index (χ2v) is 3.68. The third kappa shape index (κ3) is 2.35. The number of rotatable bonds is 3. The summed E-state index contributed by atoms with van der Waals surface area (Å²) in [7, 11) is 0. The zero-order chi connectivity index (χ0) is 11.4. The molecule has 0 atom stereocenters. The fourth-order valence-electron chi connectivity index (χ4n) is 1.37. The summed E-state index contributed by atoms with van der Waals surface area (Å²) in [5.41, 5.74) is 0.662. The van der Waals surface area contributed by atoms with Crippen molar-refractivity contribution in [2.75, 3.05) is 0 Å². The minimum absolute atomic E-state index is 0.0924. The highest BCUT2D eigenvalue weighted by molar-refractivity contribution is 6.32. The molecule has 2 nitrogen and oxygen atoms in total. The molecule has 3 heteroatoms. The van der Waals surface area contributed by atoms with Crippen molar-refractivity contribution < 1.29 is 9.84 Å². The molecule has 0 saturated heterocycles. The molecule has 0 aliphatic rings. The van der Waals surface area contributed by atoms with Crippen LogP contribution < -0.4 is 4.74 Å². The first kappa shape index (κ1) is 11.0. The molecule has 0 amide bonds. The molecule has 0 heterocycles. The zero-order valence-electron chi connectivity index (χ0n) is 8.56. The number of hydrogen-bond acceptors (Lipinski definition) is 2. The molecule has 0 aliphatic carbocycles. The van der Waals surface area contributed by atoms with Crippen LogP contribution in [-0.4, -0.2) is 5.11 Å². The van der Waals surface area contributed by atoms with E-state index in [0.29, 0.717) is 16.3 Å². The maximum atomic E-state index is 9.07. The van der Waals surface area contributed by atoms with Gasteiger partial charge in [-0.15, -0.1) is 0 Å². The van der Waals surface area contributed by atoms with E-state index >= 15 is 0 Å². The molecule has 16 heavy (non-hydrogen) atoms. The highest BCUT2D eigenvalue weighted by atomic mass is 35.5. The van der Waals surface area contributed by atoms with Crippen molar-refractivity contribution in [3.63, 3.8) is 0 Å². The zero-order valence-corrected chi connectivity index (χ0v) is 9.32. The Bertz CT molecular complexity index is 469. The van der Waals surface area contributed by atoms with Crippen LogP contribution in [0.1, 0.15) is 5.56 Å². The Hall–Kier alpha value is -1.51. The number of aliphatic hydroxyl groups is 1. The maximum Gasteiger partial charge on any atom is 0.146 e. The molecule has 2 rings (SSSR count). The SMILES string of the molecule is OCc1cccc(Oc2ccccc2)c1Cl. The number of benzene rings is 2. The standard InChI is InChI=1S/C13H11ClO2/c14-13-10(9-15)5-4-8-12(13)16-11-6-2-1-3-7-11/h1-8,15H,9H2. The molecule has 0 radical (unpaired) electrons. The van der Waals surface area contributed by atoms with Crippen molar-refractivity contribution in [2.45, 2.75) is 6.61 Å². The van der Waals surface area contributed by atoms with E-state index in [9.17, 15) is 0 Å². The molecule has 2 aromatic rings. The predicted molar refractivity (Wildman–Crippen MR) is 63.9 cm³/mol. The van der Waals surface area contributed by atoms with Gasteiger partial charge in [-0.2, -0.15) is 0 Å². The van der Waals surface area contributed by atoms with E-state index in [1.54, 1.807) is 18.2 Å². The Balaban J connectivity index is 2.28. The van der Waals surface area contributed by atoms with Gasteiger partial charge in [0.25, 0.3) is 0 Å². The minimum atomic E-state index is -0.0924. The molecule has 0 aliphatic heterocycles. The van der Waals surface area contributed by atoms with Gasteiger partial charge in [-0.25, -0.2) is 0 Å². The first-order valence-electron chi connectivity index (χ1n) is 4.92. The van der Waals surface area contributed by atoms with Crippen molar-refractivity contribution >= 4 is 11.6 Å². The number of ether oxygens (including phenoxy) is 1. The predicted octanol–water partition coefficient (Wildman–Crippen LogP) is 3.62. The molecule has 0 fully saturated rings. The maximum absolute atomic E-state index is 9.07. The van der Waals surface area contributed by atoms with Crippen LogP contribution in [0, 0.1) is 0 Å². The topological polar surface area (TPSA) is 29.5 Å². The molecule has 0 saturated carbocycles. The molecule has 1 N–H and O–H groups in total. The molecular formula is C13H11ClO2. The minimum Gasteiger partial charge on any atom is -0.456 e. The third-order valence-corrected chi connectivity index (χ3v) is 2.61. The van der Waals surface area contributed by atoms with Crippen LogP contribution in [-0.2, 0) is 6.61 Å². The summed E-state index contributed by atoms with van der Waals surface area (Å²) < 4.78 is 5.61. The lowest BCUT2D eigenvalue weighted by atomic mass is 10.2. The van der Waals surface area contributed by atoms with Crippen LogP contribution >= 0.6 is 11.6 Å². The van der Waals surface area contributed by atoms with E-state index in [1.807, 2.05) is 30.3 Å². The van der Waals surface area contributed by atoms with Crippen LogP contribution in [0.15, 0.2) is 48.5 Å². The van der Waals surface area contributed by atoms with Crippen molar-refractivity contribution in [2.24, 2.45) is 0 Å². The summed E-state index contributed by atoms with van der Waals surface area (Å²) in [5.74, 6) is 1.28. The second kappa shape index (κ2) is 5.01. The van der Waals surface area contributed by atoms with Crippen molar-refractivity contribution in [3.05, 3.63) is 59.1 Å². The van der Waals surface area contributed by atoms with Gasteiger partial charge in [-0.3, -0.25) is 0 Å². The van der Waals surface area contributed by atoms with Crippen LogP contribution in [0.25, 0.3) is 0 Å². The monoisotopic (exact) mass is 234 g/mol. The fourth-order valence-corrected chi connectivity index (χ4v) is 1.60. The highest BCUT2D eigenvalue weighted by Gasteiger charge is 2.06. The van der Waals surface area contributed by atoms with E-state index in [0.717, 1.165) is 5.75 Å².